The highest BCUT2D eigenvalue weighted by Gasteiger charge is 1.93. The summed E-state index contributed by atoms with van der Waals surface area (Å²) in [5.74, 6) is 0. The summed E-state index contributed by atoms with van der Waals surface area (Å²) in [4.78, 5) is 2.17. The maximum absolute atomic E-state index is 5.54. The van der Waals surface area contributed by atoms with Gasteiger partial charge in [0.2, 0.25) is 0 Å². The van der Waals surface area contributed by atoms with E-state index in [1.165, 1.54) is 5.56 Å². The van der Waals surface area contributed by atoms with Crippen molar-refractivity contribution in [1.82, 2.24) is 4.90 Å². The first kappa shape index (κ1) is 11.2. The Morgan fingerprint density at radius 2 is 1.86 bits per heavy atom. The molecule has 0 N–H and O–H groups in total. The second-order valence-electron chi connectivity index (χ2n) is 3.70. The van der Waals surface area contributed by atoms with Crippen LogP contribution in [0.4, 0.5) is 0 Å². The van der Waals surface area contributed by atoms with E-state index in [4.69, 9.17) is 4.74 Å². The molecule has 0 heterocycles. The van der Waals surface area contributed by atoms with Crippen LogP contribution in [0.15, 0.2) is 30.3 Å². The van der Waals surface area contributed by atoms with E-state index in [2.05, 4.69) is 31.1 Å². The fourth-order valence-electron chi connectivity index (χ4n) is 1.25. The van der Waals surface area contributed by atoms with Crippen molar-refractivity contribution in [3.05, 3.63) is 35.9 Å². The smallest absolute Gasteiger partial charge is 0.0716 e. The number of hydrogen-bond donors (Lipinski definition) is 0. The van der Waals surface area contributed by atoms with Gasteiger partial charge in [0.1, 0.15) is 0 Å². The molecule has 0 radical (unpaired) electrons. The van der Waals surface area contributed by atoms with E-state index in [9.17, 15) is 0 Å². The van der Waals surface area contributed by atoms with E-state index in [1.807, 2.05) is 18.2 Å². The summed E-state index contributed by atoms with van der Waals surface area (Å²) in [6, 6.07) is 10.3. The second kappa shape index (κ2) is 6.57. The maximum atomic E-state index is 5.54. The summed E-state index contributed by atoms with van der Waals surface area (Å²) in [5.41, 5.74) is 1.25. The minimum atomic E-state index is 0.730. The van der Waals surface area contributed by atoms with E-state index in [-0.39, 0.29) is 0 Å². The summed E-state index contributed by atoms with van der Waals surface area (Å²) in [6.07, 6.45) is 1.10. The van der Waals surface area contributed by atoms with Gasteiger partial charge in [-0.25, -0.2) is 0 Å². The van der Waals surface area contributed by atoms with Crippen LogP contribution >= 0.6 is 0 Å². The van der Waals surface area contributed by atoms with E-state index in [0.717, 1.165) is 26.2 Å². The Bertz CT molecular complexity index is 233. The van der Waals surface area contributed by atoms with E-state index < -0.39 is 0 Å². The molecule has 14 heavy (non-hydrogen) atoms. The lowest BCUT2D eigenvalue weighted by Crippen LogP contribution is -2.14. The van der Waals surface area contributed by atoms with Gasteiger partial charge < -0.3 is 9.64 Å². The predicted octanol–water partition coefficient (Wildman–Crippen LogP) is 2.15. The largest absolute Gasteiger partial charge is 0.377 e. The molecule has 0 saturated heterocycles. The minimum absolute atomic E-state index is 0.730. The van der Waals surface area contributed by atoms with Gasteiger partial charge in [-0.3, -0.25) is 0 Å². The zero-order valence-corrected chi connectivity index (χ0v) is 9.07. The Morgan fingerprint density at radius 3 is 2.50 bits per heavy atom. The van der Waals surface area contributed by atoms with Crippen LogP contribution in [0.25, 0.3) is 0 Å². The number of ether oxygens (including phenoxy) is 1. The summed E-state index contributed by atoms with van der Waals surface area (Å²) in [7, 11) is 4.16. The molecule has 0 amide bonds. The fraction of sp³-hybridized carbons (Fsp3) is 0.500. The highest BCUT2D eigenvalue weighted by molar-refractivity contribution is 5.13. The van der Waals surface area contributed by atoms with Crippen LogP contribution in [0.5, 0.6) is 0 Å². The zero-order valence-electron chi connectivity index (χ0n) is 9.07. The fourth-order valence-corrected chi connectivity index (χ4v) is 1.25. The Hall–Kier alpha value is -0.860. The van der Waals surface area contributed by atoms with Crippen LogP contribution in [-0.2, 0) is 11.3 Å². The first-order chi connectivity index (χ1) is 6.79. The van der Waals surface area contributed by atoms with Gasteiger partial charge >= 0.3 is 0 Å². The van der Waals surface area contributed by atoms with Crippen molar-refractivity contribution in [2.24, 2.45) is 0 Å². The lowest BCUT2D eigenvalue weighted by molar-refractivity contribution is 0.113. The van der Waals surface area contributed by atoms with Gasteiger partial charge in [-0.2, -0.15) is 0 Å². The van der Waals surface area contributed by atoms with Crippen molar-refractivity contribution in [2.45, 2.75) is 13.0 Å². The van der Waals surface area contributed by atoms with Crippen molar-refractivity contribution in [3.63, 3.8) is 0 Å². The number of hydrogen-bond acceptors (Lipinski definition) is 2. The van der Waals surface area contributed by atoms with Crippen LogP contribution in [0.2, 0.25) is 0 Å². The number of benzene rings is 1. The van der Waals surface area contributed by atoms with Crippen LogP contribution in [0.1, 0.15) is 12.0 Å². The zero-order chi connectivity index (χ0) is 10.2. The lowest BCUT2D eigenvalue weighted by Gasteiger charge is -2.09. The molecule has 0 aromatic heterocycles. The average Bonchev–Trinajstić information content (AvgIpc) is 2.18. The molecule has 78 valence electrons. The first-order valence-corrected chi connectivity index (χ1v) is 5.05. The summed E-state index contributed by atoms with van der Waals surface area (Å²) in [5, 5.41) is 0. The highest BCUT2D eigenvalue weighted by Crippen LogP contribution is 2.00. The predicted molar refractivity (Wildman–Crippen MR) is 59.3 cm³/mol. The van der Waals surface area contributed by atoms with Crippen LogP contribution in [0.3, 0.4) is 0 Å². The lowest BCUT2D eigenvalue weighted by atomic mass is 10.2. The summed E-state index contributed by atoms with van der Waals surface area (Å²) in [6.45, 7) is 2.66. The van der Waals surface area contributed by atoms with Gasteiger partial charge in [0, 0.05) is 6.61 Å². The van der Waals surface area contributed by atoms with Gasteiger partial charge in [0.15, 0.2) is 0 Å². The first-order valence-electron chi connectivity index (χ1n) is 5.05. The third-order valence-corrected chi connectivity index (χ3v) is 2.01. The molecule has 0 fully saturated rings. The quantitative estimate of drug-likeness (QED) is 0.642. The molecule has 0 aliphatic carbocycles. The van der Waals surface area contributed by atoms with E-state index in [0.29, 0.717) is 0 Å². The monoisotopic (exact) mass is 193 g/mol. The molecule has 1 aromatic carbocycles. The molecular weight excluding hydrogens is 174 g/mol. The maximum Gasteiger partial charge on any atom is 0.0716 e. The van der Waals surface area contributed by atoms with Crippen molar-refractivity contribution in [2.75, 3.05) is 27.2 Å². The highest BCUT2D eigenvalue weighted by atomic mass is 16.5. The Labute approximate surface area is 86.5 Å². The molecule has 1 rings (SSSR count). The molecule has 2 nitrogen and oxygen atoms in total. The molecular formula is C12H19NO. The van der Waals surface area contributed by atoms with Gasteiger partial charge in [0.05, 0.1) is 6.61 Å². The average molecular weight is 193 g/mol. The third-order valence-electron chi connectivity index (χ3n) is 2.01. The van der Waals surface area contributed by atoms with Crippen LogP contribution in [-0.4, -0.2) is 32.1 Å². The summed E-state index contributed by atoms with van der Waals surface area (Å²) < 4.78 is 5.54. The molecule has 2 heteroatoms. The van der Waals surface area contributed by atoms with Crippen molar-refractivity contribution < 1.29 is 4.74 Å². The number of nitrogens with zero attached hydrogens (tertiary/aromatic N) is 1. The second-order valence-corrected chi connectivity index (χ2v) is 3.70. The number of rotatable bonds is 6. The normalized spacial score (nSPS) is 10.8. The Morgan fingerprint density at radius 1 is 1.14 bits per heavy atom. The van der Waals surface area contributed by atoms with Gasteiger partial charge in [-0.15, -0.1) is 0 Å². The molecule has 0 spiro atoms. The van der Waals surface area contributed by atoms with Crippen LogP contribution < -0.4 is 0 Å². The van der Waals surface area contributed by atoms with Gasteiger partial charge in [0.25, 0.3) is 0 Å². The SMILES string of the molecule is CN(C)CCCOCc1ccccc1. The van der Waals surface area contributed by atoms with E-state index >= 15 is 0 Å². The Balaban J connectivity index is 2.05. The molecule has 1 aromatic rings. The summed E-state index contributed by atoms with van der Waals surface area (Å²) >= 11 is 0. The molecule has 0 unspecified atom stereocenters. The third kappa shape index (κ3) is 5.00. The topological polar surface area (TPSA) is 12.5 Å². The molecule has 0 saturated carbocycles. The minimum Gasteiger partial charge on any atom is -0.377 e. The molecule has 0 aliphatic heterocycles. The van der Waals surface area contributed by atoms with Crippen LogP contribution in [0, 0.1) is 0 Å². The van der Waals surface area contributed by atoms with Gasteiger partial charge in [-0.1, -0.05) is 30.3 Å². The molecule has 0 bridgehead atoms. The standard InChI is InChI=1S/C12H19NO/c1-13(2)9-6-10-14-11-12-7-4-3-5-8-12/h3-5,7-8H,6,9-11H2,1-2H3. The molecule has 0 atom stereocenters. The van der Waals surface area contributed by atoms with Crippen molar-refractivity contribution in [1.29, 1.82) is 0 Å². The molecule has 0 aliphatic rings. The van der Waals surface area contributed by atoms with Gasteiger partial charge in [-0.05, 0) is 32.6 Å². The van der Waals surface area contributed by atoms with Crippen molar-refractivity contribution >= 4 is 0 Å². The Kier molecular flexibility index (Phi) is 5.27. The van der Waals surface area contributed by atoms with E-state index in [1.54, 1.807) is 0 Å². The van der Waals surface area contributed by atoms with Crippen molar-refractivity contribution in [3.8, 4) is 0 Å².